The van der Waals surface area contributed by atoms with Gasteiger partial charge in [-0.25, -0.2) is 14.4 Å². The van der Waals surface area contributed by atoms with Crippen molar-refractivity contribution in [3.05, 3.63) is 77.4 Å². The summed E-state index contributed by atoms with van der Waals surface area (Å²) in [7, 11) is 0. The van der Waals surface area contributed by atoms with E-state index < -0.39 is 47.7 Å². The second kappa shape index (κ2) is 10.9. The Hall–Kier alpha value is -5.39. The number of hydrogen-bond donors (Lipinski definition) is 6. The Balaban J connectivity index is 1.47. The number of phenols is 4. The van der Waals surface area contributed by atoms with Crippen LogP contribution in [0.3, 0.4) is 0 Å². The Kier molecular flexibility index (Phi) is 7.47. The fourth-order valence-electron chi connectivity index (χ4n) is 3.79. The molecule has 0 bridgehead atoms. The van der Waals surface area contributed by atoms with E-state index in [1.807, 2.05) is 0 Å². The van der Waals surface area contributed by atoms with Crippen molar-refractivity contribution in [3.8, 4) is 34.5 Å². The van der Waals surface area contributed by atoms with Gasteiger partial charge in [0, 0.05) is 18.1 Å². The summed E-state index contributed by atoms with van der Waals surface area (Å²) in [6, 6.07) is 11.9. The number of phenolic OH excluding ortho intramolecular Hbond substituents is 4. The maximum absolute atomic E-state index is 12.3. The number of aromatic hydroxyl groups is 4. The molecule has 1 aliphatic heterocycles. The molecule has 12 nitrogen and oxygen atoms in total. The normalized spacial score (nSPS) is 16.9. The topological polar surface area (TPSA) is 200 Å². The van der Waals surface area contributed by atoms with Gasteiger partial charge in [0.05, 0.1) is 0 Å². The highest BCUT2D eigenvalue weighted by molar-refractivity contribution is 5.89. The molecule has 3 atom stereocenters. The monoisotopic (exact) mass is 538 g/mol. The third kappa shape index (κ3) is 6.13. The van der Waals surface area contributed by atoms with Crippen LogP contribution in [0.25, 0.3) is 6.08 Å². The molecule has 0 saturated carbocycles. The van der Waals surface area contributed by atoms with E-state index >= 15 is 0 Å². The van der Waals surface area contributed by atoms with Gasteiger partial charge in [0.1, 0.15) is 0 Å². The second-order valence-electron chi connectivity index (χ2n) is 8.49. The fraction of sp³-hybridized carbons (Fsp3) is 0.148. The van der Waals surface area contributed by atoms with E-state index in [0.29, 0.717) is 11.1 Å². The predicted molar refractivity (Wildman–Crippen MR) is 132 cm³/mol. The van der Waals surface area contributed by atoms with Gasteiger partial charge in [-0.3, -0.25) is 0 Å². The molecule has 0 fully saturated rings. The Bertz CT molecular complexity index is 1460. The van der Waals surface area contributed by atoms with Crippen LogP contribution in [0, 0.1) is 0 Å². The SMILES string of the molecule is O=C(/C=C/c1ccc2c(c1)O[C@H](C(=O)O)[C@H](c1ccc(O)c(O)c1)O2)O[C@H](Cc1ccc(O)c(O)c1)C(=O)O. The first-order valence-corrected chi connectivity index (χ1v) is 11.4. The standard InChI is InChI=1S/C27H22O12/c28-16-5-1-14(9-18(16)30)11-22(26(33)34)37-23(32)8-3-13-2-7-20-21(10-13)39-25(27(35)36)24(38-20)15-4-6-17(29)19(31)12-15/h1-10,12,22,24-25,28-31H,11H2,(H,33,34)(H,35,36)/b8-3+/t22-,24+,25+/m1/s1. The van der Waals surface area contributed by atoms with E-state index in [2.05, 4.69) is 0 Å². The van der Waals surface area contributed by atoms with Crippen molar-refractivity contribution in [2.24, 2.45) is 0 Å². The molecule has 0 amide bonds. The summed E-state index contributed by atoms with van der Waals surface area (Å²) in [5.41, 5.74) is 0.954. The van der Waals surface area contributed by atoms with Crippen molar-refractivity contribution in [2.75, 3.05) is 0 Å². The van der Waals surface area contributed by atoms with Crippen molar-refractivity contribution >= 4 is 24.0 Å². The second-order valence-corrected chi connectivity index (χ2v) is 8.49. The van der Waals surface area contributed by atoms with Gasteiger partial charge in [-0.15, -0.1) is 0 Å². The Morgan fingerprint density at radius 1 is 0.821 bits per heavy atom. The van der Waals surface area contributed by atoms with Gasteiger partial charge in [-0.05, 0) is 53.6 Å². The first kappa shape index (κ1) is 26.7. The molecule has 6 N–H and O–H groups in total. The molecule has 39 heavy (non-hydrogen) atoms. The smallest absolute Gasteiger partial charge is 0.349 e. The lowest BCUT2D eigenvalue weighted by atomic mass is 10.0. The minimum absolute atomic E-state index is 0.0627. The Morgan fingerprint density at radius 2 is 1.51 bits per heavy atom. The Morgan fingerprint density at radius 3 is 2.15 bits per heavy atom. The molecule has 0 saturated heterocycles. The zero-order valence-electron chi connectivity index (χ0n) is 19.9. The number of fused-ring (bicyclic) bond motifs is 1. The van der Waals surface area contributed by atoms with Gasteiger partial charge in [-0.1, -0.05) is 18.2 Å². The minimum Gasteiger partial charge on any atom is -0.504 e. The van der Waals surface area contributed by atoms with Crippen molar-refractivity contribution in [3.63, 3.8) is 0 Å². The van der Waals surface area contributed by atoms with Gasteiger partial charge < -0.3 is 44.8 Å². The van der Waals surface area contributed by atoms with Gasteiger partial charge >= 0.3 is 17.9 Å². The lowest BCUT2D eigenvalue weighted by Gasteiger charge is -2.32. The first-order valence-electron chi connectivity index (χ1n) is 11.4. The highest BCUT2D eigenvalue weighted by Crippen LogP contribution is 2.41. The molecular formula is C27H22O12. The highest BCUT2D eigenvalue weighted by Gasteiger charge is 2.38. The van der Waals surface area contributed by atoms with Gasteiger partial charge in [0.15, 0.2) is 40.6 Å². The summed E-state index contributed by atoms with van der Waals surface area (Å²) in [5, 5.41) is 57.3. The van der Waals surface area contributed by atoms with Crippen LogP contribution in [0.15, 0.2) is 60.7 Å². The third-order valence-electron chi connectivity index (χ3n) is 5.73. The molecular weight excluding hydrogens is 516 g/mol. The van der Waals surface area contributed by atoms with E-state index in [1.54, 1.807) is 0 Å². The van der Waals surface area contributed by atoms with E-state index in [4.69, 9.17) is 14.2 Å². The molecule has 0 aliphatic carbocycles. The molecule has 202 valence electrons. The summed E-state index contributed by atoms with van der Waals surface area (Å²) in [4.78, 5) is 35.7. The first-order chi connectivity index (χ1) is 18.5. The van der Waals surface area contributed by atoms with Crippen molar-refractivity contribution < 1.29 is 59.2 Å². The fourth-order valence-corrected chi connectivity index (χ4v) is 3.79. The number of aliphatic carboxylic acids is 2. The average molecular weight is 538 g/mol. The quantitative estimate of drug-likeness (QED) is 0.139. The van der Waals surface area contributed by atoms with Crippen molar-refractivity contribution in [1.82, 2.24) is 0 Å². The molecule has 0 aromatic heterocycles. The zero-order valence-corrected chi connectivity index (χ0v) is 19.9. The summed E-state index contributed by atoms with van der Waals surface area (Å²) in [6.07, 6.45) is -2.19. The number of carboxylic acids is 2. The van der Waals surface area contributed by atoms with Crippen LogP contribution in [0.4, 0.5) is 0 Å². The maximum Gasteiger partial charge on any atom is 0.349 e. The van der Waals surface area contributed by atoms with Crippen LogP contribution < -0.4 is 9.47 Å². The van der Waals surface area contributed by atoms with E-state index in [-0.39, 0.29) is 35.0 Å². The number of carboxylic acid groups (broad SMARTS) is 2. The molecule has 0 unspecified atom stereocenters. The van der Waals surface area contributed by atoms with Gasteiger partial charge in [-0.2, -0.15) is 0 Å². The summed E-state index contributed by atoms with van der Waals surface area (Å²) in [5.74, 6) is -5.15. The van der Waals surface area contributed by atoms with E-state index in [0.717, 1.165) is 12.1 Å². The minimum atomic E-state index is -1.57. The number of carbonyl (C=O) groups excluding carboxylic acids is 1. The Labute approximate surface area is 220 Å². The lowest BCUT2D eigenvalue weighted by Crippen LogP contribution is -2.39. The molecule has 3 aromatic carbocycles. The number of ether oxygens (including phenoxy) is 3. The van der Waals surface area contributed by atoms with Crippen molar-refractivity contribution in [1.29, 1.82) is 0 Å². The molecule has 4 rings (SSSR count). The van der Waals surface area contributed by atoms with Crippen LogP contribution in [0.1, 0.15) is 22.8 Å². The van der Waals surface area contributed by atoms with Crippen LogP contribution >= 0.6 is 0 Å². The number of carbonyl (C=O) groups is 3. The number of hydrogen-bond acceptors (Lipinski definition) is 10. The van der Waals surface area contributed by atoms with Gasteiger partial charge in [0.2, 0.25) is 12.2 Å². The number of esters is 1. The average Bonchev–Trinajstić information content (AvgIpc) is 2.89. The molecule has 1 aliphatic rings. The summed E-state index contributed by atoms with van der Waals surface area (Å²) < 4.78 is 16.4. The lowest BCUT2D eigenvalue weighted by molar-refractivity contribution is -0.160. The molecule has 12 heteroatoms. The van der Waals surface area contributed by atoms with Gasteiger partial charge in [0.25, 0.3) is 0 Å². The third-order valence-corrected chi connectivity index (χ3v) is 5.73. The summed E-state index contributed by atoms with van der Waals surface area (Å²) in [6.45, 7) is 0. The van der Waals surface area contributed by atoms with Crippen LogP contribution in [-0.4, -0.2) is 60.8 Å². The van der Waals surface area contributed by atoms with E-state index in [9.17, 15) is 45.0 Å². The molecule has 0 radical (unpaired) electrons. The predicted octanol–water partition coefficient (Wildman–Crippen LogP) is 2.73. The molecule has 0 spiro atoms. The maximum atomic E-state index is 12.3. The zero-order chi connectivity index (χ0) is 28.3. The molecule has 1 heterocycles. The van der Waals surface area contributed by atoms with Crippen molar-refractivity contribution in [2.45, 2.75) is 24.7 Å². The number of benzene rings is 3. The number of rotatable bonds is 8. The summed E-state index contributed by atoms with van der Waals surface area (Å²) >= 11 is 0. The highest BCUT2D eigenvalue weighted by atomic mass is 16.6. The largest absolute Gasteiger partial charge is 0.504 e. The molecule has 3 aromatic rings. The van der Waals surface area contributed by atoms with Crippen LogP contribution in [-0.2, 0) is 25.5 Å². The van der Waals surface area contributed by atoms with Crippen LogP contribution in [0.5, 0.6) is 34.5 Å². The van der Waals surface area contributed by atoms with E-state index in [1.165, 1.54) is 54.6 Å². The van der Waals surface area contributed by atoms with Crippen LogP contribution in [0.2, 0.25) is 0 Å².